The third kappa shape index (κ3) is 2.30. The van der Waals surface area contributed by atoms with Crippen LogP contribution in [0.2, 0.25) is 0 Å². The van der Waals surface area contributed by atoms with Gasteiger partial charge < -0.3 is 5.73 Å². The summed E-state index contributed by atoms with van der Waals surface area (Å²) in [6.07, 6.45) is 3.95. The quantitative estimate of drug-likeness (QED) is 0.802. The average molecular weight is 217 g/mol. The molecule has 1 aliphatic rings. The van der Waals surface area contributed by atoms with Crippen molar-refractivity contribution in [3.63, 3.8) is 0 Å². The van der Waals surface area contributed by atoms with Gasteiger partial charge in [0.2, 0.25) is 0 Å². The molecule has 2 rings (SSSR count). The molecule has 0 spiro atoms. The van der Waals surface area contributed by atoms with Crippen molar-refractivity contribution in [1.82, 2.24) is 0 Å². The molecule has 0 amide bonds. The van der Waals surface area contributed by atoms with Crippen molar-refractivity contribution in [2.24, 2.45) is 17.6 Å². The topological polar surface area (TPSA) is 26.0 Å². The van der Waals surface area contributed by atoms with E-state index >= 15 is 0 Å². The fourth-order valence-electron chi connectivity index (χ4n) is 3.03. The molecule has 1 nitrogen and oxygen atoms in total. The van der Waals surface area contributed by atoms with Gasteiger partial charge in [0.25, 0.3) is 0 Å². The Morgan fingerprint density at radius 3 is 2.56 bits per heavy atom. The Hall–Kier alpha value is -0.820. The maximum Gasteiger partial charge on any atom is 0.0326 e. The molecule has 0 heterocycles. The molecule has 16 heavy (non-hydrogen) atoms. The van der Waals surface area contributed by atoms with E-state index in [0.29, 0.717) is 5.92 Å². The zero-order chi connectivity index (χ0) is 11.7. The predicted molar refractivity (Wildman–Crippen MR) is 69.3 cm³/mol. The number of hydrogen-bond acceptors (Lipinski definition) is 1. The van der Waals surface area contributed by atoms with E-state index in [0.717, 1.165) is 5.92 Å². The van der Waals surface area contributed by atoms with Crippen molar-refractivity contribution in [2.75, 3.05) is 0 Å². The van der Waals surface area contributed by atoms with Gasteiger partial charge in [-0.15, -0.1) is 0 Å². The van der Waals surface area contributed by atoms with Gasteiger partial charge >= 0.3 is 0 Å². The molecule has 1 aromatic carbocycles. The Morgan fingerprint density at radius 1 is 1.25 bits per heavy atom. The van der Waals surface area contributed by atoms with Gasteiger partial charge in [-0.3, -0.25) is 0 Å². The third-order valence-electron chi connectivity index (χ3n) is 4.03. The summed E-state index contributed by atoms with van der Waals surface area (Å²) < 4.78 is 0. The fourth-order valence-corrected chi connectivity index (χ4v) is 3.03. The van der Waals surface area contributed by atoms with Crippen LogP contribution in [0.25, 0.3) is 0 Å². The van der Waals surface area contributed by atoms with Crippen LogP contribution in [0.5, 0.6) is 0 Å². The van der Waals surface area contributed by atoms with Crippen LogP contribution in [0.1, 0.15) is 48.9 Å². The van der Waals surface area contributed by atoms with E-state index in [1.807, 2.05) is 0 Å². The summed E-state index contributed by atoms with van der Waals surface area (Å²) in [5.74, 6) is 1.55. The molecule has 1 saturated carbocycles. The molecule has 3 unspecified atom stereocenters. The van der Waals surface area contributed by atoms with Crippen LogP contribution in [-0.2, 0) is 0 Å². The van der Waals surface area contributed by atoms with Gasteiger partial charge in [0.15, 0.2) is 0 Å². The van der Waals surface area contributed by atoms with E-state index in [1.165, 1.54) is 36.0 Å². The second-order valence-electron chi connectivity index (χ2n) is 5.56. The number of nitrogens with two attached hydrogens (primary N) is 1. The standard InChI is InChI=1S/C15H23N/c1-10-5-7-14(12(3)8-10)15(16)13-6-4-11(2)9-13/h5,7-8,11,13,15H,4,6,9,16H2,1-3H3. The van der Waals surface area contributed by atoms with Crippen LogP contribution in [0, 0.1) is 25.7 Å². The van der Waals surface area contributed by atoms with Crippen molar-refractivity contribution in [2.45, 2.75) is 46.1 Å². The monoisotopic (exact) mass is 217 g/mol. The first-order chi connectivity index (χ1) is 7.58. The highest BCUT2D eigenvalue weighted by molar-refractivity contribution is 5.33. The Bertz CT molecular complexity index is 370. The van der Waals surface area contributed by atoms with E-state index < -0.39 is 0 Å². The van der Waals surface area contributed by atoms with E-state index in [2.05, 4.69) is 39.0 Å². The molecule has 0 saturated heterocycles. The highest BCUT2D eigenvalue weighted by Crippen LogP contribution is 2.38. The summed E-state index contributed by atoms with van der Waals surface area (Å²) >= 11 is 0. The molecule has 1 fully saturated rings. The van der Waals surface area contributed by atoms with Crippen LogP contribution >= 0.6 is 0 Å². The van der Waals surface area contributed by atoms with E-state index in [9.17, 15) is 0 Å². The van der Waals surface area contributed by atoms with Crippen LogP contribution in [-0.4, -0.2) is 0 Å². The fraction of sp³-hybridized carbons (Fsp3) is 0.600. The SMILES string of the molecule is Cc1ccc(C(N)C2CCC(C)C2)c(C)c1. The maximum atomic E-state index is 6.41. The Balaban J connectivity index is 2.17. The van der Waals surface area contributed by atoms with Gasteiger partial charge in [-0.25, -0.2) is 0 Å². The predicted octanol–water partition coefficient (Wildman–Crippen LogP) is 3.74. The van der Waals surface area contributed by atoms with Crippen LogP contribution in [0.4, 0.5) is 0 Å². The van der Waals surface area contributed by atoms with Gasteiger partial charge in [-0.2, -0.15) is 0 Å². The lowest BCUT2D eigenvalue weighted by Crippen LogP contribution is -2.20. The lowest BCUT2D eigenvalue weighted by molar-refractivity contribution is 0.427. The molecule has 0 radical (unpaired) electrons. The molecule has 2 N–H and O–H groups in total. The number of rotatable bonds is 2. The van der Waals surface area contributed by atoms with Gasteiger partial charge in [0.05, 0.1) is 0 Å². The highest BCUT2D eigenvalue weighted by Gasteiger charge is 2.27. The molecule has 1 heteroatoms. The number of benzene rings is 1. The Kier molecular flexibility index (Phi) is 3.34. The number of hydrogen-bond donors (Lipinski definition) is 1. The van der Waals surface area contributed by atoms with Crippen molar-refractivity contribution >= 4 is 0 Å². The Labute approximate surface area is 99.0 Å². The minimum atomic E-state index is 0.241. The first-order valence-corrected chi connectivity index (χ1v) is 6.40. The maximum absolute atomic E-state index is 6.41. The normalized spacial score (nSPS) is 27.0. The summed E-state index contributed by atoms with van der Waals surface area (Å²) in [6.45, 7) is 6.66. The van der Waals surface area contributed by atoms with Crippen LogP contribution < -0.4 is 5.73 Å². The van der Waals surface area contributed by atoms with Gasteiger partial charge in [-0.1, -0.05) is 37.1 Å². The van der Waals surface area contributed by atoms with E-state index in [1.54, 1.807) is 0 Å². The lowest BCUT2D eigenvalue weighted by Gasteiger charge is -2.21. The number of aryl methyl sites for hydroxylation is 2. The van der Waals surface area contributed by atoms with Gasteiger partial charge in [-0.05, 0) is 49.7 Å². The molecule has 1 aliphatic carbocycles. The highest BCUT2D eigenvalue weighted by atomic mass is 14.7. The average Bonchev–Trinajstić information content (AvgIpc) is 2.64. The van der Waals surface area contributed by atoms with Gasteiger partial charge in [0, 0.05) is 6.04 Å². The minimum absolute atomic E-state index is 0.241. The third-order valence-corrected chi connectivity index (χ3v) is 4.03. The Morgan fingerprint density at radius 2 is 2.00 bits per heavy atom. The smallest absolute Gasteiger partial charge is 0.0326 e. The second-order valence-corrected chi connectivity index (χ2v) is 5.56. The van der Waals surface area contributed by atoms with Gasteiger partial charge in [0.1, 0.15) is 0 Å². The molecule has 1 aromatic rings. The van der Waals surface area contributed by atoms with Crippen molar-refractivity contribution in [3.05, 3.63) is 34.9 Å². The summed E-state index contributed by atoms with van der Waals surface area (Å²) in [5, 5.41) is 0. The second kappa shape index (κ2) is 4.58. The van der Waals surface area contributed by atoms with E-state index in [4.69, 9.17) is 5.73 Å². The molecule has 3 atom stereocenters. The lowest BCUT2D eigenvalue weighted by atomic mass is 9.89. The van der Waals surface area contributed by atoms with Crippen LogP contribution in [0.3, 0.4) is 0 Å². The molecular weight excluding hydrogens is 194 g/mol. The largest absolute Gasteiger partial charge is 0.324 e. The molecular formula is C15H23N. The summed E-state index contributed by atoms with van der Waals surface area (Å²) in [5.41, 5.74) is 10.4. The first kappa shape index (κ1) is 11.7. The molecule has 88 valence electrons. The van der Waals surface area contributed by atoms with Crippen LogP contribution in [0.15, 0.2) is 18.2 Å². The minimum Gasteiger partial charge on any atom is -0.324 e. The van der Waals surface area contributed by atoms with E-state index in [-0.39, 0.29) is 6.04 Å². The zero-order valence-corrected chi connectivity index (χ0v) is 10.7. The molecule has 0 bridgehead atoms. The van der Waals surface area contributed by atoms with Crippen molar-refractivity contribution in [3.8, 4) is 0 Å². The first-order valence-electron chi connectivity index (χ1n) is 6.40. The molecule has 0 aliphatic heterocycles. The van der Waals surface area contributed by atoms with Crippen molar-refractivity contribution < 1.29 is 0 Å². The zero-order valence-electron chi connectivity index (χ0n) is 10.7. The molecule has 0 aromatic heterocycles. The summed E-state index contributed by atoms with van der Waals surface area (Å²) in [6, 6.07) is 6.89. The summed E-state index contributed by atoms with van der Waals surface area (Å²) in [4.78, 5) is 0. The van der Waals surface area contributed by atoms with Crippen molar-refractivity contribution in [1.29, 1.82) is 0 Å². The summed E-state index contributed by atoms with van der Waals surface area (Å²) in [7, 11) is 0.